The molecule has 66 valence electrons. The third-order valence-corrected chi connectivity index (χ3v) is 2.91. The monoisotopic (exact) mass is 190 g/mol. The van der Waals surface area contributed by atoms with Gasteiger partial charge in [0.1, 0.15) is 0 Å². The Labute approximate surface area is 72.6 Å². The molecule has 1 aliphatic rings. The van der Waals surface area contributed by atoms with E-state index in [0.29, 0.717) is 6.54 Å². The van der Waals surface area contributed by atoms with Crippen molar-refractivity contribution in [1.82, 2.24) is 10.3 Å². The summed E-state index contributed by atoms with van der Waals surface area (Å²) in [5, 5.41) is 3.08. The van der Waals surface area contributed by atoms with Crippen molar-refractivity contribution in [2.45, 2.75) is 19.4 Å². The number of fused-ring (bicyclic) bond motifs is 1. The number of rotatable bonds is 1. The van der Waals surface area contributed by atoms with Crippen LogP contribution in [0, 0.1) is 0 Å². The fourth-order valence-corrected chi connectivity index (χ4v) is 2.18. The van der Waals surface area contributed by atoms with Gasteiger partial charge in [0.15, 0.2) is 5.01 Å². The quantitative estimate of drug-likeness (QED) is 0.729. The van der Waals surface area contributed by atoms with Gasteiger partial charge in [-0.3, -0.25) is 0 Å². The summed E-state index contributed by atoms with van der Waals surface area (Å²) in [7, 11) is 0. The minimum Gasteiger partial charge on any atom is -0.311 e. The van der Waals surface area contributed by atoms with Gasteiger partial charge >= 0.3 is 0 Å². The minimum absolute atomic E-state index is 0.0382. The number of nitrogens with zero attached hydrogens (tertiary/aromatic N) is 1. The Bertz CT molecular complexity index is 261. The molecule has 0 saturated carbocycles. The van der Waals surface area contributed by atoms with Crippen LogP contribution in [-0.2, 0) is 13.0 Å². The molecule has 2 heterocycles. The summed E-state index contributed by atoms with van der Waals surface area (Å²) in [5.41, 5.74) is 0.856. The van der Waals surface area contributed by atoms with Gasteiger partial charge in [0.25, 0.3) is 6.43 Å². The molecule has 0 aromatic carbocycles. The lowest BCUT2D eigenvalue weighted by Gasteiger charge is -2.09. The second kappa shape index (κ2) is 3.06. The molecule has 0 saturated heterocycles. The minimum atomic E-state index is -2.42. The number of hydrogen-bond acceptors (Lipinski definition) is 3. The van der Waals surface area contributed by atoms with Crippen LogP contribution in [0.3, 0.4) is 0 Å². The van der Waals surface area contributed by atoms with Crippen molar-refractivity contribution >= 4 is 11.3 Å². The van der Waals surface area contributed by atoms with Gasteiger partial charge < -0.3 is 5.32 Å². The molecule has 1 aromatic rings. The maximum atomic E-state index is 12.2. The number of hydrogen-bond donors (Lipinski definition) is 1. The van der Waals surface area contributed by atoms with Crippen molar-refractivity contribution in [1.29, 1.82) is 0 Å². The second-order valence-electron chi connectivity index (χ2n) is 2.65. The van der Waals surface area contributed by atoms with Crippen LogP contribution < -0.4 is 5.32 Å². The molecule has 1 N–H and O–H groups in total. The van der Waals surface area contributed by atoms with Crippen LogP contribution in [0.25, 0.3) is 0 Å². The van der Waals surface area contributed by atoms with E-state index in [2.05, 4.69) is 10.3 Å². The molecule has 2 rings (SSSR count). The van der Waals surface area contributed by atoms with Crippen LogP contribution in [0.1, 0.15) is 22.0 Å². The molecule has 0 amide bonds. The first-order valence-electron chi connectivity index (χ1n) is 3.74. The van der Waals surface area contributed by atoms with E-state index in [9.17, 15) is 8.78 Å². The zero-order chi connectivity index (χ0) is 8.55. The molecular weight excluding hydrogens is 182 g/mol. The lowest BCUT2D eigenvalue weighted by Crippen LogP contribution is -2.22. The Hall–Kier alpha value is -0.550. The molecule has 0 spiro atoms. The van der Waals surface area contributed by atoms with Gasteiger partial charge in [-0.1, -0.05) is 0 Å². The molecule has 0 fully saturated rings. The van der Waals surface area contributed by atoms with Crippen LogP contribution in [0.2, 0.25) is 0 Å². The molecule has 0 atom stereocenters. The number of alkyl halides is 2. The van der Waals surface area contributed by atoms with E-state index < -0.39 is 6.43 Å². The number of nitrogens with one attached hydrogen (secondary N) is 1. The first-order chi connectivity index (χ1) is 5.77. The van der Waals surface area contributed by atoms with Crippen molar-refractivity contribution < 1.29 is 8.78 Å². The third-order valence-electron chi connectivity index (χ3n) is 1.81. The highest BCUT2D eigenvalue weighted by Gasteiger charge is 2.19. The second-order valence-corrected chi connectivity index (χ2v) is 3.76. The van der Waals surface area contributed by atoms with Crippen molar-refractivity contribution in [3.05, 3.63) is 15.6 Å². The summed E-state index contributed by atoms with van der Waals surface area (Å²) in [4.78, 5) is 4.85. The molecule has 0 radical (unpaired) electrons. The zero-order valence-corrected chi connectivity index (χ0v) is 7.13. The van der Waals surface area contributed by atoms with E-state index in [-0.39, 0.29) is 5.01 Å². The summed E-state index contributed by atoms with van der Waals surface area (Å²) in [6.07, 6.45) is -1.64. The Morgan fingerprint density at radius 3 is 3.00 bits per heavy atom. The number of aromatic nitrogens is 1. The fourth-order valence-electron chi connectivity index (χ4n) is 1.24. The van der Waals surface area contributed by atoms with Crippen molar-refractivity contribution in [3.63, 3.8) is 0 Å². The first kappa shape index (κ1) is 8.07. The lowest BCUT2D eigenvalue weighted by molar-refractivity contribution is 0.150. The smallest absolute Gasteiger partial charge is 0.289 e. The SMILES string of the molecule is FC(F)c1nc2c(s1)CNCC2. The van der Waals surface area contributed by atoms with Crippen LogP contribution in [-0.4, -0.2) is 11.5 Å². The highest BCUT2D eigenvalue weighted by molar-refractivity contribution is 7.11. The van der Waals surface area contributed by atoms with Gasteiger partial charge in [-0.25, -0.2) is 13.8 Å². The van der Waals surface area contributed by atoms with E-state index in [4.69, 9.17) is 0 Å². The Kier molecular flexibility index (Phi) is 2.06. The molecule has 1 aliphatic heterocycles. The lowest BCUT2D eigenvalue weighted by atomic mass is 10.2. The largest absolute Gasteiger partial charge is 0.311 e. The van der Waals surface area contributed by atoms with Crippen LogP contribution >= 0.6 is 11.3 Å². The zero-order valence-electron chi connectivity index (χ0n) is 6.31. The number of thiazole rings is 1. The van der Waals surface area contributed by atoms with E-state index in [1.807, 2.05) is 0 Å². The van der Waals surface area contributed by atoms with Crippen molar-refractivity contribution in [2.24, 2.45) is 0 Å². The Balaban J connectivity index is 2.32. The summed E-state index contributed by atoms with van der Waals surface area (Å²) < 4.78 is 24.4. The van der Waals surface area contributed by atoms with Crippen molar-refractivity contribution in [2.75, 3.05) is 6.54 Å². The highest BCUT2D eigenvalue weighted by Crippen LogP contribution is 2.28. The molecule has 0 aliphatic carbocycles. The van der Waals surface area contributed by atoms with Gasteiger partial charge in [0.05, 0.1) is 5.69 Å². The van der Waals surface area contributed by atoms with Crippen LogP contribution in [0.5, 0.6) is 0 Å². The third kappa shape index (κ3) is 1.34. The van der Waals surface area contributed by atoms with Gasteiger partial charge in [-0.15, -0.1) is 11.3 Å². The standard InChI is InChI=1S/C7H8F2N2S/c8-6(9)7-11-4-1-2-10-3-5(4)12-7/h6,10H,1-3H2. The molecular formula is C7H8F2N2S. The average Bonchev–Trinajstić information content (AvgIpc) is 2.46. The van der Waals surface area contributed by atoms with E-state index >= 15 is 0 Å². The Morgan fingerprint density at radius 1 is 1.50 bits per heavy atom. The van der Waals surface area contributed by atoms with Gasteiger partial charge in [-0.2, -0.15) is 0 Å². The molecule has 12 heavy (non-hydrogen) atoms. The topological polar surface area (TPSA) is 24.9 Å². The summed E-state index contributed by atoms with van der Waals surface area (Å²) >= 11 is 1.12. The Morgan fingerprint density at radius 2 is 2.33 bits per heavy atom. The first-order valence-corrected chi connectivity index (χ1v) is 4.56. The molecule has 1 aromatic heterocycles. The number of halogens is 2. The van der Waals surface area contributed by atoms with E-state index in [1.54, 1.807) is 0 Å². The summed E-state index contributed by atoms with van der Waals surface area (Å²) in [6, 6.07) is 0. The highest BCUT2D eigenvalue weighted by atomic mass is 32.1. The fraction of sp³-hybridized carbons (Fsp3) is 0.571. The maximum absolute atomic E-state index is 12.2. The molecule has 5 heteroatoms. The van der Waals surface area contributed by atoms with Gasteiger partial charge in [0.2, 0.25) is 0 Å². The predicted molar refractivity (Wildman–Crippen MR) is 42.5 cm³/mol. The van der Waals surface area contributed by atoms with Crippen LogP contribution in [0.4, 0.5) is 8.78 Å². The predicted octanol–water partition coefficient (Wildman–Crippen LogP) is 1.73. The molecule has 0 bridgehead atoms. The van der Waals surface area contributed by atoms with Gasteiger partial charge in [-0.05, 0) is 0 Å². The van der Waals surface area contributed by atoms with Crippen LogP contribution in [0.15, 0.2) is 0 Å². The maximum Gasteiger partial charge on any atom is 0.289 e. The summed E-state index contributed by atoms with van der Waals surface area (Å²) in [5.74, 6) is 0. The van der Waals surface area contributed by atoms with Crippen molar-refractivity contribution in [3.8, 4) is 0 Å². The summed E-state index contributed by atoms with van der Waals surface area (Å²) in [6.45, 7) is 1.54. The average molecular weight is 190 g/mol. The van der Waals surface area contributed by atoms with E-state index in [1.165, 1.54) is 0 Å². The molecule has 0 unspecified atom stereocenters. The normalized spacial score (nSPS) is 16.6. The molecule has 2 nitrogen and oxygen atoms in total. The van der Waals surface area contributed by atoms with Gasteiger partial charge in [0, 0.05) is 24.4 Å². The van der Waals surface area contributed by atoms with E-state index in [0.717, 1.165) is 34.9 Å².